The quantitative estimate of drug-likeness (QED) is 0.852. The van der Waals surface area contributed by atoms with Crippen molar-refractivity contribution in [1.29, 1.82) is 5.26 Å². The Bertz CT molecular complexity index is 683. The first-order valence-electron chi connectivity index (χ1n) is 7.10. The maximum Gasteiger partial charge on any atom is 0.130 e. The average molecular weight is 263 g/mol. The molecule has 1 aromatic carbocycles. The molecule has 0 saturated heterocycles. The SMILES string of the molecule is Cc1cc(-c2ccc3c(c2)CCC3)nc(CCC#N)n1. The van der Waals surface area contributed by atoms with Crippen LogP contribution in [0, 0.1) is 18.3 Å². The molecule has 0 spiro atoms. The first-order chi connectivity index (χ1) is 9.76. The van der Waals surface area contributed by atoms with Crippen LogP contribution in [0.5, 0.6) is 0 Å². The van der Waals surface area contributed by atoms with Crippen LogP contribution in [0.3, 0.4) is 0 Å². The summed E-state index contributed by atoms with van der Waals surface area (Å²) in [6.45, 7) is 1.98. The van der Waals surface area contributed by atoms with E-state index in [-0.39, 0.29) is 0 Å². The van der Waals surface area contributed by atoms with Crippen LogP contribution in [0.2, 0.25) is 0 Å². The smallest absolute Gasteiger partial charge is 0.130 e. The van der Waals surface area contributed by atoms with Gasteiger partial charge < -0.3 is 0 Å². The molecule has 3 rings (SSSR count). The molecule has 100 valence electrons. The molecule has 3 nitrogen and oxygen atoms in total. The van der Waals surface area contributed by atoms with Crippen molar-refractivity contribution in [2.24, 2.45) is 0 Å². The van der Waals surface area contributed by atoms with Gasteiger partial charge in [-0.15, -0.1) is 0 Å². The first kappa shape index (κ1) is 12.8. The van der Waals surface area contributed by atoms with Gasteiger partial charge in [0.25, 0.3) is 0 Å². The highest BCUT2D eigenvalue weighted by atomic mass is 14.9. The van der Waals surface area contributed by atoms with Crippen LogP contribution in [0.15, 0.2) is 24.3 Å². The zero-order valence-electron chi connectivity index (χ0n) is 11.7. The summed E-state index contributed by atoms with van der Waals surface area (Å²) >= 11 is 0. The fourth-order valence-corrected chi connectivity index (χ4v) is 2.79. The zero-order valence-corrected chi connectivity index (χ0v) is 11.7. The molecule has 0 fully saturated rings. The summed E-state index contributed by atoms with van der Waals surface area (Å²) in [4.78, 5) is 9.01. The standard InChI is InChI=1S/C17H17N3/c1-12-10-16(20-17(19-12)6-3-9-18)15-8-7-13-4-2-5-14(13)11-15/h7-8,10-11H,2-6H2,1H3. The van der Waals surface area contributed by atoms with Gasteiger partial charge in [0.2, 0.25) is 0 Å². The number of benzene rings is 1. The number of nitrogens with zero attached hydrogens (tertiary/aromatic N) is 3. The van der Waals surface area contributed by atoms with Crippen LogP contribution >= 0.6 is 0 Å². The average Bonchev–Trinajstić information content (AvgIpc) is 2.92. The van der Waals surface area contributed by atoms with E-state index in [1.807, 2.05) is 13.0 Å². The van der Waals surface area contributed by atoms with Crippen LogP contribution in [0.25, 0.3) is 11.3 Å². The lowest BCUT2D eigenvalue weighted by Gasteiger charge is -2.07. The lowest BCUT2D eigenvalue weighted by atomic mass is 10.0. The van der Waals surface area contributed by atoms with Gasteiger partial charge >= 0.3 is 0 Å². The summed E-state index contributed by atoms with van der Waals surface area (Å²) in [5.41, 5.74) is 6.03. The molecule has 3 heteroatoms. The number of aromatic nitrogens is 2. The fourth-order valence-electron chi connectivity index (χ4n) is 2.79. The van der Waals surface area contributed by atoms with Gasteiger partial charge in [-0.05, 0) is 49.4 Å². The van der Waals surface area contributed by atoms with Gasteiger partial charge in [0, 0.05) is 24.1 Å². The first-order valence-corrected chi connectivity index (χ1v) is 7.10. The van der Waals surface area contributed by atoms with Crippen LogP contribution in [-0.2, 0) is 19.3 Å². The van der Waals surface area contributed by atoms with Gasteiger partial charge in [-0.25, -0.2) is 9.97 Å². The molecule has 0 bridgehead atoms. The molecule has 1 aliphatic carbocycles. The molecule has 0 atom stereocenters. The summed E-state index contributed by atoms with van der Waals surface area (Å²) in [6.07, 6.45) is 4.72. The van der Waals surface area contributed by atoms with E-state index in [1.165, 1.54) is 30.4 Å². The molecule has 1 heterocycles. The summed E-state index contributed by atoms with van der Waals surface area (Å²) in [6, 6.07) is 10.8. The lowest BCUT2D eigenvalue weighted by molar-refractivity contribution is 0.873. The van der Waals surface area contributed by atoms with Crippen molar-refractivity contribution in [3.8, 4) is 17.3 Å². The maximum atomic E-state index is 8.68. The minimum atomic E-state index is 0.465. The van der Waals surface area contributed by atoms with Crippen molar-refractivity contribution in [3.63, 3.8) is 0 Å². The maximum absolute atomic E-state index is 8.68. The Morgan fingerprint density at radius 3 is 2.85 bits per heavy atom. The second-order valence-corrected chi connectivity index (χ2v) is 5.31. The Hall–Kier alpha value is -2.21. The summed E-state index contributed by atoms with van der Waals surface area (Å²) < 4.78 is 0. The van der Waals surface area contributed by atoms with E-state index in [9.17, 15) is 0 Å². The third-order valence-electron chi connectivity index (χ3n) is 3.76. The monoisotopic (exact) mass is 263 g/mol. The van der Waals surface area contributed by atoms with Crippen molar-refractivity contribution >= 4 is 0 Å². The minimum absolute atomic E-state index is 0.465. The van der Waals surface area contributed by atoms with E-state index in [0.29, 0.717) is 12.8 Å². The van der Waals surface area contributed by atoms with Crippen molar-refractivity contribution in [2.75, 3.05) is 0 Å². The van der Waals surface area contributed by atoms with Gasteiger partial charge in [0.15, 0.2) is 0 Å². The Kier molecular flexibility index (Phi) is 3.47. The molecule has 0 saturated carbocycles. The van der Waals surface area contributed by atoms with Gasteiger partial charge in [-0.3, -0.25) is 0 Å². The van der Waals surface area contributed by atoms with Crippen molar-refractivity contribution in [3.05, 3.63) is 46.9 Å². The Balaban J connectivity index is 1.97. The lowest BCUT2D eigenvalue weighted by Crippen LogP contribution is -1.99. The van der Waals surface area contributed by atoms with Crippen molar-refractivity contribution < 1.29 is 0 Å². The van der Waals surface area contributed by atoms with Crippen LogP contribution in [0.4, 0.5) is 0 Å². The Morgan fingerprint density at radius 1 is 1.15 bits per heavy atom. The number of nitriles is 1. The molecule has 0 unspecified atom stereocenters. The van der Waals surface area contributed by atoms with Crippen LogP contribution in [-0.4, -0.2) is 9.97 Å². The van der Waals surface area contributed by atoms with Crippen LogP contribution in [0.1, 0.15) is 35.5 Å². The van der Waals surface area contributed by atoms with E-state index in [4.69, 9.17) is 5.26 Å². The van der Waals surface area contributed by atoms with Crippen molar-refractivity contribution in [2.45, 2.75) is 39.0 Å². The van der Waals surface area contributed by atoms with Gasteiger partial charge in [-0.1, -0.05) is 12.1 Å². The highest BCUT2D eigenvalue weighted by Crippen LogP contribution is 2.27. The molecule has 20 heavy (non-hydrogen) atoms. The highest BCUT2D eigenvalue weighted by Gasteiger charge is 2.12. The van der Waals surface area contributed by atoms with Gasteiger partial charge in [0.1, 0.15) is 5.82 Å². The number of aryl methyl sites for hydroxylation is 4. The third kappa shape index (κ3) is 2.55. The Morgan fingerprint density at radius 2 is 2.00 bits per heavy atom. The molecular weight excluding hydrogens is 246 g/mol. The zero-order chi connectivity index (χ0) is 13.9. The largest absolute Gasteiger partial charge is 0.238 e. The normalized spacial score (nSPS) is 13.0. The summed E-state index contributed by atoms with van der Waals surface area (Å²) in [5, 5.41) is 8.68. The van der Waals surface area contributed by atoms with Crippen molar-refractivity contribution in [1.82, 2.24) is 9.97 Å². The fraction of sp³-hybridized carbons (Fsp3) is 0.353. The summed E-state index contributed by atoms with van der Waals surface area (Å²) in [5.74, 6) is 0.766. The molecular formula is C17H17N3. The van der Waals surface area contributed by atoms with Crippen LogP contribution < -0.4 is 0 Å². The van der Waals surface area contributed by atoms with E-state index < -0.39 is 0 Å². The molecule has 0 radical (unpaired) electrons. The molecule has 1 aromatic heterocycles. The molecule has 0 amide bonds. The van der Waals surface area contributed by atoms with Gasteiger partial charge in [0.05, 0.1) is 11.8 Å². The van der Waals surface area contributed by atoms with E-state index in [2.05, 4.69) is 34.2 Å². The number of hydrogen-bond donors (Lipinski definition) is 0. The molecule has 0 aliphatic heterocycles. The van der Waals surface area contributed by atoms with E-state index in [1.54, 1.807) is 0 Å². The second kappa shape index (κ2) is 5.42. The minimum Gasteiger partial charge on any atom is -0.238 e. The number of fused-ring (bicyclic) bond motifs is 1. The van der Waals surface area contributed by atoms with E-state index >= 15 is 0 Å². The third-order valence-corrected chi connectivity index (χ3v) is 3.76. The second-order valence-electron chi connectivity index (χ2n) is 5.31. The summed E-state index contributed by atoms with van der Waals surface area (Å²) in [7, 11) is 0. The number of hydrogen-bond acceptors (Lipinski definition) is 3. The molecule has 2 aromatic rings. The highest BCUT2D eigenvalue weighted by molar-refractivity contribution is 5.62. The predicted molar refractivity (Wildman–Crippen MR) is 78.2 cm³/mol. The Labute approximate surface area is 119 Å². The van der Waals surface area contributed by atoms with E-state index in [0.717, 1.165) is 22.8 Å². The number of rotatable bonds is 3. The molecule has 1 aliphatic rings. The van der Waals surface area contributed by atoms with Gasteiger partial charge in [-0.2, -0.15) is 5.26 Å². The topological polar surface area (TPSA) is 49.6 Å². The predicted octanol–water partition coefficient (Wildman–Crippen LogP) is 3.40. The molecule has 0 N–H and O–H groups in total.